The topological polar surface area (TPSA) is 17.1 Å². The van der Waals surface area contributed by atoms with Crippen LogP contribution in [0.15, 0.2) is 30.3 Å². The van der Waals surface area contributed by atoms with Gasteiger partial charge in [0.05, 0.1) is 5.92 Å². The van der Waals surface area contributed by atoms with E-state index in [1.54, 1.807) is 0 Å². The molecular formula is C13H17ClO. The van der Waals surface area contributed by atoms with E-state index in [1.165, 1.54) is 0 Å². The molecule has 0 radical (unpaired) electrons. The SMILES string of the molecule is CC(C)CCC(C(=O)Cl)c1ccccc1. The molecule has 0 heterocycles. The van der Waals surface area contributed by atoms with E-state index in [2.05, 4.69) is 13.8 Å². The summed E-state index contributed by atoms with van der Waals surface area (Å²) in [6, 6.07) is 9.76. The van der Waals surface area contributed by atoms with Crippen molar-refractivity contribution in [3.63, 3.8) is 0 Å². The van der Waals surface area contributed by atoms with Gasteiger partial charge in [-0.15, -0.1) is 0 Å². The zero-order chi connectivity index (χ0) is 11.3. The second-order valence-corrected chi connectivity index (χ2v) is 4.61. The molecule has 1 unspecified atom stereocenters. The first-order valence-corrected chi connectivity index (χ1v) is 5.73. The summed E-state index contributed by atoms with van der Waals surface area (Å²) >= 11 is 5.62. The highest BCUT2D eigenvalue weighted by molar-refractivity contribution is 6.64. The fourth-order valence-electron chi connectivity index (χ4n) is 1.60. The molecule has 1 aromatic rings. The largest absolute Gasteiger partial charge is 0.281 e. The van der Waals surface area contributed by atoms with Crippen LogP contribution in [-0.2, 0) is 4.79 Å². The van der Waals surface area contributed by atoms with E-state index in [0.717, 1.165) is 18.4 Å². The Bertz CT molecular complexity index is 306. The Kier molecular flexibility index (Phi) is 4.83. The second kappa shape index (κ2) is 5.92. The lowest BCUT2D eigenvalue weighted by atomic mass is 9.92. The number of hydrogen-bond acceptors (Lipinski definition) is 1. The molecule has 0 bridgehead atoms. The third kappa shape index (κ3) is 4.05. The zero-order valence-electron chi connectivity index (χ0n) is 9.24. The van der Waals surface area contributed by atoms with E-state index in [-0.39, 0.29) is 11.2 Å². The molecule has 0 fully saturated rings. The van der Waals surface area contributed by atoms with Gasteiger partial charge in [-0.05, 0) is 35.9 Å². The maximum absolute atomic E-state index is 11.3. The Morgan fingerprint density at radius 2 is 1.80 bits per heavy atom. The minimum Gasteiger partial charge on any atom is -0.281 e. The summed E-state index contributed by atoms with van der Waals surface area (Å²) in [5.41, 5.74) is 1.03. The van der Waals surface area contributed by atoms with Crippen LogP contribution in [0.25, 0.3) is 0 Å². The van der Waals surface area contributed by atoms with E-state index in [0.29, 0.717) is 5.92 Å². The van der Waals surface area contributed by atoms with Gasteiger partial charge in [0.25, 0.3) is 0 Å². The number of halogens is 1. The first kappa shape index (κ1) is 12.3. The quantitative estimate of drug-likeness (QED) is 0.692. The number of hydrogen-bond donors (Lipinski definition) is 0. The van der Waals surface area contributed by atoms with Gasteiger partial charge in [0.1, 0.15) is 0 Å². The summed E-state index contributed by atoms with van der Waals surface area (Å²) in [5.74, 6) is 0.461. The van der Waals surface area contributed by atoms with Crippen molar-refractivity contribution < 1.29 is 4.79 Å². The zero-order valence-corrected chi connectivity index (χ0v) is 10.00. The molecule has 0 spiro atoms. The summed E-state index contributed by atoms with van der Waals surface area (Å²) in [6.07, 6.45) is 1.86. The molecule has 0 saturated carbocycles. The number of benzene rings is 1. The minimum atomic E-state index is -0.248. The molecule has 1 aromatic carbocycles. The molecule has 2 heteroatoms. The summed E-state index contributed by atoms with van der Waals surface area (Å²) in [6.45, 7) is 4.31. The van der Waals surface area contributed by atoms with E-state index in [4.69, 9.17) is 11.6 Å². The second-order valence-electron chi connectivity index (χ2n) is 4.24. The van der Waals surface area contributed by atoms with E-state index in [1.807, 2.05) is 30.3 Å². The summed E-state index contributed by atoms with van der Waals surface area (Å²) in [4.78, 5) is 11.3. The van der Waals surface area contributed by atoms with Crippen molar-refractivity contribution in [2.75, 3.05) is 0 Å². The van der Waals surface area contributed by atoms with Gasteiger partial charge in [0, 0.05) is 0 Å². The maximum atomic E-state index is 11.3. The van der Waals surface area contributed by atoms with Gasteiger partial charge >= 0.3 is 0 Å². The molecule has 0 aliphatic heterocycles. The van der Waals surface area contributed by atoms with Crippen molar-refractivity contribution in [3.05, 3.63) is 35.9 Å². The molecule has 0 amide bonds. The van der Waals surface area contributed by atoms with Crippen LogP contribution in [0.5, 0.6) is 0 Å². The van der Waals surface area contributed by atoms with Crippen LogP contribution in [0.4, 0.5) is 0 Å². The van der Waals surface area contributed by atoms with Gasteiger partial charge in [0.15, 0.2) is 0 Å². The predicted molar refractivity (Wildman–Crippen MR) is 64.1 cm³/mol. The molecular weight excluding hydrogens is 208 g/mol. The molecule has 0 N–H and O–H groups in total. The van der Waals surface area contributed by atoms with Crippen LogP contribution in [-0.4, -0.2) is 5.24 Å². The van der Waals surface area contributed by atoms with Crippen molar-refractivity contribution in [1.29, 1.82) is 0 Å². The Morgan fingerprint density at radius 1 is 1.20 bits per heavy atom. The van der Waals surface area contributed by atoms with Gasteiger partial charge in [-0.25, -0.2) is 0 Å². The molecule has 82 valence electrons. The van der Waals surface area contributed by atoms with Gasteiger partial charge in [-0.3, -0.25) is 4.79 Å². The molecule has 1 rings (SSSR count). The fourth-order valence-corrected chi connectivity index (χ4v) is 1.83. The van der Waals surface area contributed by atoms with E-state index < -0.39 is 0 Å². The molecule has 0 saturated heterocycles. The van der Waals surface area contributed by atoms with Crippen molar-refractivity contribution in [3.8, 4) is 0 Å². The van der Waals surface area contributed by atoms with Crippen molar-refractivity contribution in [2.45, 2.75) is 32.6 Å². The lowest BCUT2D eigenvalue weighted by Crippen LogP contribution is -2.08. The first-order valence-electron chi connectivity index (χ1n) is 5.35. The minimum absolute atomic E-state index is 0.143. The highest BCUT2D eigenvalue weighted by Crippen LogP contribution is 2.25. The Hall–Kier alpha value is -0.820. The Labute approximate surface area is 96.5 Å². The van der Waals surface area contributed by atoms with Crippen LogP contribution in [0, 0.1) is 5.92 Å². The standard InChI is InChI=1S/C13H17ClO/c1-10(2)8-9-12(13(14)15)11-6-4-3-5-7-11/h3-7,10,12H,8-9H2,1-2H3. The molecule has 0 aliphatic carbocycles. The molecule has 0 aliphatic rings. The van der Waals surface area contributed by atoms with E-state index in [9.17, 15) is 4.79 Å². The summed E-state index contributed by atoms with van der Waals surface area (Å²) in [7, 11) is 0. The van der Waals surface area contributed by atoms with Crippen molar-refractivity contribution >= 4 is 16.8 Å². The molecule has 1 atom stereocenters. The summed E-state index contributed by atoms with van der Waals surface area (Å²) < 4.78 is 0. The Morgan fingerprint density at radius 3 is 2.27 bits per heavy atom. The van der Waals surface area contributed by atoms with Crippen LogP contribution in [0.1, 0.15) is 38.2 Å². The average molecular weight is 225 g/mol. The van der Waals surface area contributed by atoms with Crippen molar-refractivity contribution in [1.82, 2.24) is 0 Å². The van der Waals surface area contributed by atoms with Crippen LogP contribution in [0.2, 0.25) is 0 Å². The highest BCUT2D eigenvalue weighted by atomic mass is 35.5. The third-order valence-electron chi connectivity index (χ3n) is 2.51. The van der Waals surface area contributed by atoms with Crippen LogP contribution in [0.3, 0.4) is 0 Å². The fraction of sp³-hybridized carbons (Fsp3) is 0.462. The highest BCUT2D eigenvalue weighted by Gasteiger charge is 2.18. The van der Waals surface area contributed by atoms with Gasteiger partial charge < -0.3 is 0 Å². The average Bonchev–Trinajstić information content (AvgIpc) is 2.18. The van der Waals surface area contributed by atoms with Crippen LogP contribution < -0.4 is 0 Å². The maximum Gasteiger partial charge on any atom is 0.229 e. The normalized spacial score (nSPS) is 12.8. The van der Waals surface area contributed by atoms with Gasteiger partial charge in [0.2, 0.25) is 5.24 Å². The van der Waals surface area contributed by atoms with Crippen LogP contribution >= 0.6 is 11.6 Å². The lowest BCUT2D eigenvalue weighted by molar-refractivity contribution is -0.113. The number of carbonyl (C=O) groups excluding carboxylic acids is 1. The number of carbonyl (C=O) groups is 1. The predicted octanol–water partition coefficient (Wildman–Crippen LogP) is 3.97. The van der Waals surface area contributed by atoms with Crippen molar-refractivity contribution in [2.24, 2.45) is 5.92 Å². The summed E-state index contributed by atoms with van der Waals surface area (Å²) in [5, 5.41) is -0.248. The third-order valence-corrected chi connectivity index (χ3v) is 2.77. The first-order chi connectivity index (χ1) is 7.11. The Balaban J connectivity index is 2.71. The van der Waals surface area contributed by atoms with E-state index >= 15 is 0 Å². The monoisotopic (exact) mass is 224 g/mol. The molecule has 1 nitrogen and oxygen atoms in total. The van der Waals surface area contributed by atoms with Gasteiger partial charge in [-0.1, -0.05) is 44.2 Å². The lowest BCUT2D eigenvalue weighted by Gasteiger charge is -2.14. The molecule has 15 heavy (non-hydrogen) atoms. The number of rotatable bonds is 5. The van der Waals surface area contributed by atoms with Gasteiger partial charge in [-0.2, -0.15) is 0 Å². The molecule has 0 aromatic heterocycles. The smallest absolute Gasteiger partial charge is 0.229 e.